The minimum atomic E-state index is 0.355. The summed E-state index contributed by atoms with van der Waals surface area (Å²) in [4.78, 5) is 0. The van der Waals surface area contributed by atoms with Crippen LogP contribution in [0.15, 0.2) is 29.6 Å². The SMILES string of the molecule is CCNC(Cc1csc2ccccc12)C(OC)C1CC1. The Morgan fingerprint density at radius 3 is 2.85 bits per heavy atom. The quantitative estimate of drug-likeness (QED) is 0.836. The Hall–Kier alpha value is -0.900. The molecule has 1 heterocycles. The van der Waals surface area contributed by atoms with Gasteiger partial charge in [-0.2, -0.15) is 0 Å². The molecule has 1 N–H and O–H groups in total. The van der Waals surface area contributed by atoms with Crippen LogP contribution < -0.4 is 5.32 Å². The molecule has 0 aliphatic heterocycles. The fourth-order valence-electron chi connectivity index (χ4n) is 3.10. The zero-order valence-electron chi connectivity index (χ0n) is 12.3. The minimum Gasteiger partial charge on any atom is -0.380 e. The molecular weight excluding hydrogens is 266 g/mol. The standard InChI is InChI=1S/C17H23NOS/c1-3-18-15(17(19-2)12-8-9-12)10-13-11-20-16-7-5-4-6-14(13)16/h4-7,11-12,15,17-18H,3,8-10H2,1-2H3. The van der Waals surface area contributed by atoms with Gasteiger partial charge in [-0.05, 0) is 54.1 Å². The molecule has 0 spiro atoms. The van der Waals surface area contributed by atoms with E-state index in [9.17, 15) is 0 Å². The lowest BCUT2D eigenvalue weighted by molar-refractivity contribution is 0.0517. The van der Waals surface area contributed by atoms with E-state index in [1.165, 1.54) is 28.5 Å². The van der Waals surface area contributed by atoms with E-state index in [2.05, 4.69) is 41.9 Å². The molecule has 2 nitrogen and oxygen atoms in total. The molecule has 0 saturated heterocycles. The second-order valence-corrected chi connectivity index (χ2v) is 6.57. The molecule has 1 aromatic heterocycles. The van der Waals surface area contributed by atoms with Crippen molar-refractivity contribution in [3.05, 3.63) is 35.2 Å². The maximum absolute atomic E-state index is 5.79. The van der Waals surface area contributed by atoms with Crippen molar-refractivity contribution in [2.45, 2.75) is 38.3 Å². The Bertz CT molecular complexity index is 561. The first kappa shape index (κ1) is 14.1. The van der Waals surface area contributed by atoms with Gasteiger partial charge in [0.25, 0.3) is 0 Å². The number of methoxy groups -OCH3 is 1. The Balaban J connectivity index is 1.81. The van der Waals surface area contributed by atoms with Crippen LogP contribution in [0, 0.1) is 5.92 Å². The minimum absolute atomic E-state index is 0.355. The van der Waals surface area contributed by atoms with E-state index in [0.29, 0.717) is 12.1 Å². The molecule has 1 fully saturated rings. The van der Waals surface area contributed by atoms with Crippen LogP contribution in [0.4, 0.5) is 0 Å². The molecule has 3 rings (SSSR count). The van der Waals surface area contributed by atoms with Crippen LogP contribution in [0.25, 0.3) is 10.1 Å². The summed E-state index contributed by atoms with van der Waals surface area (Å²) in [5, 5.41) is 7.36. The monoisotopic (exact) mass is 289 g/mol. The van der Waals surface area contributed by atoms with Crippen molar-refractivity contribution >= 4 is 21.4 Å². The van der Waals surface area contributed by atoms with Crippen LogP contribution in [0.5, 0.6) is 0 Å². The highest BCUT2D eigenvalue weighted by molar-refractivity contribution is 7.17. The third-order valence-electron chi connectivity index (χ3n) is 4.22. The maximum atomic E-state index is 5.79. The molecule has 108 valence electrons. The van der Waals surface area contributed by atoms with Crippen molar-refractivity contribution in [3.8, 4) is 0 Å². The van der Waals surface area contributed by atoms with E-state index >= 15 is 0 Å². The van der Waals surface area contributed by atoms with Crippen LogP contribution in [0.1, 0.15) is 25.3 Å². The zero-order valence-corrected chi connectivity index (χ0v) is 13.1. The predicted molar refractivity (Wildman–Crippen MR) is 86.5 cm³/mol. The van der Waals surface area contributed by atoms with E-state index in [0.717, 1.165) is 18.9 Å². The van der Waals surface area contributed by atoms with Crippen LogP contribution in [-0.4, -0.2) is 25.8 Å². The van der Waals surface area contributed by atoms with E-state index in [1.807, 2.05) is 18.4 Å². The number of benzene rings is 1. The average Bonchev–Trinajstić information content (AvgIpc) is 3.22. The molecule has 1 aromatic carbocycles. The van der Waals surface area contributed by atoms with E-state index in [1.54, 1.807) is 0 Å². The first-order valence-electron chi connectivity index (χ1n) is 7.54. The summed E-state index contributed by atoms with van der Waals surface area (Å²) in [6.45, 7) is 3.18. The Morgan fingerprint density at radius 2 is 2.15 bits per heavy atom. The number of thiophene rings is 1. The molecule has 1 aliphatic carbocycles. The second kappa shape index (κ2) is 6.25. The molecule has 1 aliphatic rings. The molecule has 0 radical (unpaired) electrons. The largest absolute Gasteiger partial charge is 0.380 e. The van der Waals surface area contributed by atoms with Gasteiger partial charge >= 0.3 is 0 Å². The highest BCUT2D eigenvalue weighted by Gasteiger charge is 2.36. The number of fused-ring (bicyclic) bond motifs is 1. The van der Waals surface area contributed by atoms with E-state index in [4.69, 9.17) is 4.74 Å². The highest BCUT2D eigenvalue weighted by Crippen LogP contribution is 2.37. The van der Waals surface area contributed by atoms with Gasteiger partial charge in [0.2, 0.25) is 0 Å². The van der Waals surface area contributed by atoms with Gasteiger partial charge in [0, 0.05) is 17.9 Å². The lowest BCUT2D eigenvalue weighted by Gasteiger charge is -2.26. The Labute approximate surface area is 125 Å². The lowest BCUT2D eigenvalue weighted by atomic mass is 9.97. The fourth-order valence-corrected chi connectivity index (χ4v) is 4.08. The van der Waals surface area contributed by atoms with Crippen molar-refractivity contribution < 1.29 is 4.74 Å². The number of hydrogen-bond acceptors (Lipinski definition) is 3. The van der Waals surface area contributed by atoms with E-state index < -0.39 is 0 Å². The van der Waals surface area contributed by atoms with Gasteiger partial charge in [0.05, 0.1) is 6.10 Å². The normalized spacial score (nSPS) is 18.3. The number of rotatable bonds is 7. The topological polar surface area (TPSA) is 21.3 Å². The first-order chi connectivity index (χ1) is 9.83. The molecule has 3 heteroatoms. The van der Waals surface area contributed by atoms with Crippen LogP contribution in [0.3, 0.4) is 0 Å². The third-order valence-corrected chi connectivity index (χ3v) is 5.23. The van der Waals surface area contributed by atoms with Gasteiger partial charge < -0.3 is 10.1 Å². The molecule has 20 heavy (non-hydrogen) atoms. The van der Waals surface area contributed by atoms with Gasteiger partial charge in [-0.15, -0.1) is 11.3 Å². The Kier molecular flexibility index (Phi) is 4.39. The van der Waals surface area contributed by atoms with Crippen LogP contribution >= 0.6 is 11.3 Å². The van der Waals surface area contributed by atoms with Gasteiger partial charge in [-0.1, -0.05) is 25.1 Å². The molecule has 0 amide bonds. The number of hydrogen-bond donors (Lipinski definition) is 1. The third kappa shape index (κ3) is 2.90. The first-order valence-corrected chi connectivity index (χ1v) is 8.42. The number of likely N-dealkylation sites (N-methyl/N-ethyl adjacent to an activating group) is 1. The summed E-state index contributed by atoms with van der Waals surface area (Å²) in [5.41, 5.74) is 1.46. The molecule has 2 unspecified atom stereocenters. The molecule has 2 atom stereocenters. The van der Waals surface area contributed by atoms with Crippen molar-refractivity contribution in [2.24, 2.45) is 5.92 Å². The van der Waals surface area contributed by atoms with Crippen molar-refractivity contribution in [1.29, 1.82) is 0 Å². The smallest absolute Gasteiger partial charge is 0.0755 e. The Morgan fingerprint density at radius 1 is 1.35 bits per heavy atom. The summed E-state index contributed by atoms with van der Waals surface area (Å²) in [6, 6.07) is 9.13. The summed E-state index contributed by atoms with van der Waals surface area (Å²) >= 11 is 1.85. The van der Waals surface area contributed by atoms with Gasteiger partial charge in [0.1, 0.15) is 0 Å². The van der Waals surface area contributed by atoms with Gasteiger partial charge in [-0.25, -0.2) is 0 Å². The molecule has 1 saturated carbocycles. The van der Waals surface area contributed by atoms with Gasteiger partial charge in [0.15, 0.2) is 0 Å². The fraction of sp³-hybridized carbons (Fsp3) is 0.529. The van der Waals surface area contributed by atoms with E-state index in [-0.39, 0.29) is 0 Å². The van der Waals surface area contributed by atoms with Crippen molar-refractivity contribution in [2.75, 3.05) is 13.7 Å². The number of nitrogens with one attached hydrogen (secondary N) is 1. The second-order valence-electron chi connectivity index (χ2n) is 5.66. The van der Waals surface area contributed by atoms with Crippen molar-refractivity contribution in [3.63, 3.8) is 0 Å². The van der Waals surface area contributed by atoms with Gasteiger partial charge in [-0.3, -0.25) is 0 Å². The zero-order chi connectivity index (χ0) is 13.9. The van der Waals surface area contributed by atoms with Crippen LogP contribution in [-0.2, 0) is 11.2 Å². The van der Waals surface area contributed by atoms with Crippen LogP contribution in [0.2, 0.25) is 0 Å². The summed E-state index contributed by atoms with van der Waals surface area (Å²) in [7, 11) is 1.86. The average molecular weight is 289 g/mol. The maximum Gasteiger partial charge on any atom is 0.0755 e. The number of ether oxygens (including phenoxy) is 1. The highest BCUT2D eigenvalue weighted by atomic mass is 32.1. The molecule has 0 bridgehead atoms. The lowest BCUT2D eigenvalue weighted by Crippen LogP contribution is -2.43. The summed E-state index contributed by atoms with van der Waals surface area (Å²) < 4.78 is 7.18. The molecule has 2 aromatic rings. The molecular formula is C17H23NOS. The summed E-state index contributed by atoms with van der Waals surface area (Å²) in [6.07, 6.45) is 4.07. The summed E-state index contributed by atoms with van der Waals surface area (Å²) in [5.74, 6) is 0.758. The van der Waals surface area contributed by atoms with Crippen molar-refractivity contribution in [1.82, 2.24) is 5.32 Å². The predicted octanol–water partition coefficient (Wildman–Crippen LogP) is 3.85.